The van der Waals surface area contributed by atoms with Crippen molar-refractivity contribution in [3.05, 3.63) is 28.5 Å². The molecule has 0 aliphatic rings. The van der Waals surface area contributed by atoms with Crippen LogP contribution in [0.25, 0.3) is 0 Å². The second-order valence-corrected chi connectivity index (χ2v) is 16.8. The molecule has 150 valence electrons. The van der Waals surface area contributed by atoms with Crippen LogP contribution in [0.1, 0.15) is 66.1 Å². The summed E-state index contributed by atoms with van der Waals surface area (Å²) in [5, 5.41) is 0.213. The van der Waals surface area contributed by atoms with Gasteiger partial charge in [0.1, 0.15) is 9.35 Å². The number of nitrogens with zero attached hydrogens (tertiary/aromatic N) is 1. The second kappa shape index (κ2) is 9.52. The van der Waals surface area contributed by atoms with Crippen molar-refractivity contribution in [2.24, 2.45) is 0 Å². The molecule has 4 nitrogen and oxygen atoms in total. The van der Waals surface area contributed by atoms with Crippen LogP contribution in [0.4, 0.5) is 0 Å². The largest absolute Gasteiger partial charge is 0.598 e. The predicted octanol–water partition coefficient (Wildman–Crippen LogP) is 5.74. The highest BCUT2D eigenvalue weighted by atomic mass is 79.9. The van der Waals surface area contributed by atoms with Crippen LogP contribution in [0.2, 0.25) is 18.1 Å². The predicted molar refractivity (Wildman–Crippen MR) is 118 cm³/mol. The molecule has 0 radical (unpaired) electrons. The number of hydrogen-bond donors (Lipinski definition) is 1. The van der Waals surface area contributed by atoms with E-state index in [1.54, 1.807) is 0 Å². The first-order valence-corrected chi connectivity index (χ1v) is 14.0. The van der Waals surface area contributed by atoms with Gasteiger partial charge in [-0.15, -0.1) is 4.72 Å². The summed E-state index contributed by atoms with van der Waals surface area (Å²) >= 11 is 2.28. The maximum absolute atomic E-state index is 12.6. The lowest BCUT2D eigenvalue weighted by molar-refractivity contribution is 0.273. The van der Waals surface area contributed by atoms with E-state index in [-0.39, 0.29) is 15.8 Å². The Bertz CT molecular complexity index is 573. The fourth-order valence-electron chi connectivity index (χ4n) is 2.02. The van der Waals surface area contributed by atoms with Gasteiger partial charge in [0.15, 0.2) is 8.32 Å². The molecule has 1 aromatic heterocycles. The molecule has 0 fully saturated rings. The van der Waals surface area contributed by atoms with Crippen LogP contribution >= 0.6 is 15.9 Å². The summed E-state index contributed by atoms with van der Waals surface area (Å²) in [6.07, 6.45) is 1.74. The molecule has 1 aromatic rings. The van der Waals surface area contributed by atoms with Gasteiger partial charge in [-0.05, 0) is 79.8 Å². The smallest absolute Gasteiger partial charge is 0.191 e. The van der Waals surface area contributed by atoms with Crippen LogP contribution in [-0.2, 0) is 15.8 Å². The molecular weight excluding hydrogens is 428 g/mol. The van der Waals surface area contributed by atoms with Gasteiger partial charge in [0.25, 0.3) is 0 Å². The van der Waals surface area contributed by atoms with Crippen molar-refractivity contribution in [3.63, 3.8) is 0 Å². The summed E-state index contributed by atoms with van der Waals surface area (Å²) in [4.78, 5) is 4.56. The van der Waals surface area contributed by atoms with Crippen molar-refractivity contribution >= 4 is 35.6 Å². The molecule has 1 N–H and O–H groups in total. The summed E-state index contributed by atoms with van der Waals surface area (Å²) in [6, 6.07) is 5.79. The summed E-state index contributed by atoms with van der Waals surface area (Å²) in [6.45, 7) is 17.9. The Labute approximate surface area is 172 Å². The maximum atomic E-state index is 12.6. The van der Waals surface area contributed by atoms with Gasteiger partial charge >= 0.3 is 0 Å². The molecule has 0 aliphatic carbocycles. The molecule has 0 aromatic carbocycles. The maximum Gasteiger partial charge on any atom is 0.191 e. The highest BCUT2D eigenvalue weighted by molar-refractivity contribution is 9.10. The van der Waals surface area contributed by atoms with Gasteiger partial charge in [-0.2, -0.15) is 0 Å². The van der Waals surface area contributed by atoms with Gasteiger partial charge in [-0.25, -0.2) is 4.98 Å². The van der Waals surface area contributed by atoms with E-state index in [1.165, 1.54) is 0 Å². The number of aromatic nitrogens is 1. The first-order valence-electron chi connectivity index (χ1n) is 9.18. The summed E-state index contributed by atoms with van der Waals surface area (Å²) < 4.78 is 22.6. The monoisotopic (exact) mass is 462 g/mol. The van der Waals surface area contributed by atoms with Crippen LogP contribution in [0.15, 0.2) is 22.8 Å². The molecule has 1 rings (SSSR count). The molecule has 0 bridgehead atoms. The van der Waals surface area contributed by atoms with Crippen LogP contribution in [0, 0.1) is 0 Å². The Morgan fingerprint density at radius 2 is 1.85 bits per heavy atom. The van der Waals surface area contributed by atoms with Gasteiger partial charge in [0, 0.05) is 18.0 Å². The topological polar surface area (TPSA) is 57.2 Å². The molecule has 0 spiro atoms. The Morgan fingerprint density at radius 3 is 2.35 bits per heavy atom. The molecular formula is C19H35BrN2O2SSi. The molecule has 1 heterocycles. The molecule has 0 saturated heterocycles. The van der Waals surface area contributed by atoms with Crippen LogP contribution < -0.4 is 4.72 Å². The van der Waals surface area contributed by atoms with Gasteiger partial charge in [-0.3, -0.25) is 0 Å². The van der Waals surface area contributed by atoms with E-state index in [0.717, 1.165) is 29.7 Å². The Kier molecular flexibility index (Phi) is 8.83. The first-order chi connectivity index (χ1) is 11.7. The van der Waals surface area contributed by atoms with Crippen LogP contribution in [-0.4, -0.2) is 29.2 Å². The van der Waals surface area contributed by atoms with Crippen LogP contribution in [0.3, 0.4) is 0 Å². The molecule has 0 saturated carbocycles. The van der Waals surface area contributed by atoms with Crippen molar-refractivity contribution in [2.45, 2.75) is 83.3 Å². The second-order valence-electron chi connectivity index (χ2n) is 9.19. The van der Waals surface area contributed by atoms with Crippen LogP contribution in [0.5, 0.6) is 0 Å². The number of nitrogens with one attached hydrogen (secondary N) is 1. The SMILES string of the molecule is CC(C)(C)[S+]([O-])N[C@@H](CCCO[Si](C)(C)C(C)(C)C)c1cccc(Br)n1. The van der Waals surface area contributed by atoms with Crippen molar-refractivity contribution in [1.82, 2.24) is 9.71 Å². The normalized spacial score (nSPS) is 15.8. The van der Waals surface area contributed by atoms with Gasteiger partial charge in [0.05, 0.1) is 11.7 Å². The van der Waals surface area contributed by atoms with E-state index in [1.807, 2.05) is 39.0 Å². The third-order valence-electron chi connectivity index (χ3n) is 4.81. The van der Waals surface area contributed by atoms with E-state index in [9.17, 15) is 4.55 Å². The third kappa shape index (κ3) is 7.60. The van der Waals surface area contributed by atoms with Crippen molar-refractivity contribution in [3.8, 4) is 0 Å². The van der Waals surface area contributed by atoms with E-state index < -0.39 is 19.7 Å². The van der Waals surface area contributed by atoms with E-state index >= 15 is 0 Å². The van der Waals surface area contributed by atoms with Gasteiger partial charge in [0.2, 0.25) is 0 Å². The average Bonchev–Trinajstić information content (AvgIpc) is 2.48. The lowest BCUT2D eigenvalue weighted by atomic mass is 10.1. The number of rotatable bonds is 8. The zero-order valence-corrected chi connectivity index (χ0v) is 20.9. The Hall–Kier alpha value is 0.0769. The fourth-order valence-corrected chi connectivity index (χ4v) is 4.32. The zero-order chi connectivity index (χ0) is 20.2. The van der Waals surface area contributed by atoms with Crippen molar-refractivity contribution in [1.29, 1.82) is 0 Å². The minimum Gasteiger partial charge on any atom is -0.598 e. The highest BCUT2D eigenvalue weighted by Gasteiger charge is 2.37. The van der Waals surface area contributed by atoms with Gasteiger partial charge in [-0.1, -0.05) is 26.8 Å². The first kappa shape index (κ1) is 24.1. The summed E-state index contributed by atoms with van der Waals surface area (Å²) in [5.74, 6) is 0. The molecule has 1 unspecified atom stereocenters. The average molecular weight is 464 g/mol. The number of hydrogen-bond acceptors (Lipinski definition) is 4. The number of pyridine rings is 1. The zero-order valence-electron chi connectivity index (χ0n) is 17.5. The Morgan fingerprint density at radius 1 is 1.23 bits per heavy atom. The number of halogens is 1. The third-order valence-corrected chi connectivity index (χ3v) is 11.4. The molecule has 0 amide bonds. The molecule has 0 aliphatic heterocycles. The summed E-state index contributed by atoms with van der Waals surface area (Å²) in [5.41, 5.74) is 0.907. The van der Waals surface area contributed by atoms with E-state index in [0.29, 0.717) is 0 Å². The minimum atomic E-state index is -1.73. The van der Waals surface area contributed by atoms with Crippen molar-refractivity contribution < 1.29 is 8.98 Å². The lowest BCUT2D eigenvalue weighted by Crippen LogP contribution is -2.42. The quantitative estimate of drug-likeness (QED) is 0.231. The highest BCUT2D eigenvalue weighted by Crippen LogP contribution is 2.36. The van der Waals surface area contributed by atoms with E-state index in [2.05, 4.69) is 59.5 Å². The minimum absolute atomic E-state index is 0.0597. The standard InChI is InChI=1S/C19H35BrN2O2SSi/c1-18(2,3)25(23)22-16(15-11-9-13-17(20)21-15)12-10-14-24-26(7,8)19(4,5)6/h9,11,13,16,22H,10,12,14H2,1-8H3/t16-,25?/m0/s1. The van der Waals surface area contributed by atoms with Crippen molar-refractivity contribution in [2.75, 3.05) is 6.61 Å². The fraction of sp³-hybridized carbons (Fsp3) is 0.737. The van der Waals surface area contributed by atoms with Gasteiger partial charge < -0.3 is 8.98 Å². The molecule has 2 atom stereocenters. The molecule has 7 heteroatoms. The lowest BCUT2D eigenvalue weighted by Gasteiger charge is -2.36. The Balaban J connectivity index is 2.75. The summed E-state index contributed by atoms with van der Waals surface area (Å²) in [7, 11) is -1.73. The van der Waals surface area contributed by atoms with E-state index in [4.69, 9.17) is 4.43 Å². The molecule has 26 heavy (non-hydrogen) atoms.